The molecule has 0 unspecified atom stereocenters. The second-order valence-electron chi connectivity index (χ2n) is 3.47. The average molecular weight is 443 g/mol. The van der Waals surface area contributed by atoms with Gasteiger partial charge in [0.1, 0.15) is 4.47 Å². The molecule has 5 nitrogen and oxygen atoms in total. The summed E-state index contributed by atoms with van der Waals surface area (Å²) in [6.07, 6.45) is 0. The largest absolute Gasteiger partial charge is 0.336 e. The molecule has 1 heterocycles. The summed E-state index contributed by atoms with van der Waals surface area (Å²) in [6, 6.07) is 6.49. The molecule has 2 rings (SSSR count). The van der Waals surface area contributed by atoms with E-state index < -0.39 is 10.0 Å². The van der Waals surface area contributed by atoms with Gasteiger partial charge in [-0.05, 0) is 69.7 Å². The third-order valence-corrected chi connectivity index (χ3v) is 5.14. The Bertz CT molecular complexity index is 667. The van der Waals surface area contributed by atoms with Crippen LogP contribution in [-0.4, -0.2) is 13.6 Å². The molecule has 1 aromatic carbocycles. The van der Waals surface area contributed by atoms with E-state index in [1.54, 1.807) is 19.1 Å². The maximum atomic E-state index is 12.1. The van der Waals surface area contributed by atoms with Crippen molar-refractivity contribution in [1.29, 1.82) is 0 Å². The van der Waals surface area contributed by atoms with Crippen molar-refractivity contribution in [3.8, 4) is 0 Å². The third-order valence-electron chi connectivity index (χ3n) is 2.14. The molecule has 0 aliphatic carbocycles. The molecule has 8 heteroatoms. The summed E-state index contributed by atoms with van der Waals surface area (Å²) in [5.41, 5.74) is 0.579. The Labute approximate surface area is 126 Å². The standard InChI is InChI=1S/C10H8BrIN2O3S/c1-6-9(11)10(17-13-6)14-18(15,16)8-4-2-7(12)3-5-8/h2-5,14H,1H3. The van der Waals surface area contributed by atoms with E-state index in [0.717, 1.165) is 3.57 Å². The predicted octanol–water partition coefficient (Wildman–Crippen LogP) is 3.15. The van der Waals surface area contributed by atoms with E-state index >= 15 is 0 Å². The highest BCUT2D eigenvalue weighted by molar-refractivity contribution is 14.1. The van der Waals surface area contributed by atoms with Crippen molar-refractivity contribution in [2.45, 2.75) is 11.8 Å². The minimum atomic E-state index is -3.66. The van der Waals surface area contributed by atoms with Crippen molar-refractivity contribution < 1.29 is 12.9 Å². The molecule has 0 spiro atoms. The Morgan fingerprint density at radius 3 is 2.44 bits per heavy atom. The van der Waals surface area contributed by atoms with Crippen LogP contribution in [0.25, 0.3) is 0 Å². The molecule has 0 fully saturated rings. The van der Waals surface area contributed by atoms with Crippen LogP contribution in [0.4, 0.5) is 5.88 Å². The molecule has 1 aromatic heterocycles. The van der Waals surface area contributed by atoms with Crippen LogP contribution in [0.2, 0.25) is 0 Å². The summed E-state index contributed by atoms with van der Waals surface area (Å²) in [7, 11) is -3.66. The smallest absolute Gasteiger partial charge is 0.264 e. The Kier molecular flexibility index (Phi) is 3.97. The highest BCUT2D eigenvalue weighted by Gasteiger charge is 2.19. The zero-order valence-electron chi connectivity index (χ0n) is 9.15. The monoisotopic (exact) mass is 442 g/mol. The third kappa shape index (κ3) is 2.86. The predicted molar refractivity (Wildman–Crippen MR) is 78.9 cm³/mol. The minimum absolute atomic E-state index is 0.0750. The van der Waals surface area contributed by atoms with Gasteiger partial charge in [-0.15, -0.1) is 0 Å². The van der Waals surface area contributed by atoms with Gasteiger partial charge < -0.3 is 4.52 Å². The molecular weight excluding hydrogens is 435 g/mol. The molecule has 0 radical (unpaired) electrons. The fourth-order valence-corrected chi connectivity index (χ4v) is 2.95. The van der Waals surface area contributed by atoms with E-state index in [0.29, 0.717) is 10.2 Å². The summed E-state index contributed by atoms with van der Waals surface area (Å²) in [6.45, 7) is 1.70. The second kappa shape index (κ2) is 5.17. The van der Waals surface area contributed by atoms with Crippen molar-refractivity contribution >= 4 is 54.4 Å². The second-order valence-corrected chi connectivity index (χ2v) is 7.19. The summed E-state index contributed by atoms with van der Waals surface area (Å²) in [5, 5.41) is 3.66. The number of anilines is 1. The van der Waals surface area contributed by atoms with Crippen molar-refractivity contribution in [3.63, 3.8) is 0 Å². The lowest BCUT2D eigenvalue weighted by Gasteiger charge is -2.05. The van der Waals surface area contributed by atoms with Crippen LogP contribution in [-0.2, 0) is 10.0 Å². The first-order valence-electron chi connectivity index (χ1n) is 4.80. The number of halogens is 2. The number of sulfonamides is 1. The molecule has 0 saturated carbocycles. The van der Waals surface area contributed by atoms with Crippen LogP contribution in [0.3, 0.4) is 0 Å². The van der Waals surface area contributed by atoms with Gasteiger partial charge >= 0.3 is 0 Å². The average Bonchev–Trinajstić information content (AvgIpc) is 2.61. The van der Waals surface area contributed by atoms with E-state index in [1.165, 1.54) is 12.1 Å². The van der Waals surface area contributed by atoms with Crippen molar-refractivity contribution in [2.24, 2.45) is 0 Å². The Hall–Kier alpha value is -0.610. The van der Waals surface area contributed by atoms with Gasteiger partial charge in [-0.25, -0.2) is 13.1 Å². The normalized spacial score (nSPS) is 11.5. The van der Waals surface area contributed by atoms with Gasteiger partial charge in [0.15, 0.2) is 0 Å². The van der Waals surface area contributed by atoms with Crippen LogP contribution in [0.1, 0.15) is 5.69 Å². The SMILES string of the molecule is Cc1noc(NS(=O)(=O)c2ccc(I)cc2)c1Br. The van der Waals surface area contributed by atoms with Crippen molar-refractivity contribution in [2.75, 3.05) is 4.72 Å². The summed E-state index contributed by atoms with van der Waals surface area (Å²) in [5.74, 6) is 0.0750. The number of hydrogen-bond donors (Lipinski definition) is 1. The summed E-state index contributed by atoms with van der Waals surface area (Å²) in [4.78, 5) is 0.170. The topological polar surface area (TPSA) is 72.2 Å². The van der Waals surface area contributed by atoms with Crippen LogP contribution >= 0.6 is 38.5 Å². The molecule has 2 aromatic rings. The molecular formula is C10H8BrIN2O3S. The number of aromatic nitrogens is 1. The highest BCUT2D eigenvalue weighted by Crippen LogP contribution is 2.27. The fraction of sp³-hybridized carbons (Fsp3) is 0.100. The van der Waals surface area contributed by atoms with Crippen LogP contribution in [0.5, 0.6) is 0 Å². The van der Waals surface area contributed by atoms with Gasteiger partial charge in [0, 0.05) is 3.57 Å². The van der Waals surface area contributed by atoms with Crippen LogP contribution < -0.4 is 4.72 Å². The van der Waals surface area contributed by atoms with E-state index in [2.05, 4.69) is 48.4 Å². The minimum Gasteiger partial charge on any atom is -0.336 e. The van der Waals surface area contributed by atoms with Gasteiger partial charge in [-0.3, -0.25) is 0 Å². The summed E-state index contributed by atoms with van der Waals surface area (Å²) < 4.78 is 32.8. The van der Waals surface area contributed by atoms with Crippen molar-refractivity contribution in [3.05, 3.63) is 38.0 Å². The number of aryl methyl sites for hydroxylation is 1. The molecule has 18 heavy (non-hydrogen) atoms. The van der Waals surface area contributed by atoms with Crippen LogP contribution in [0, 0.1) is 10.5 Å². The maximum Gasteiger partial charge on any atom is 0.264 e. The van der Waals surface area contributed by atoms with E-state index in [9.17, 15) is 8.42 Å². The Morgan fingerprint density at radius 1 is 1.33 bits per heavy atom. The zero-order chi connectivity index (χ0) is 13.3. The molecule has 0 atom stereocenters. The number of rotatable bonds is 3. The van der Waals surface area contributed by atoms with Crippen LogP contribution in [0.15, 0.2) is 38.2 Å². The van der Waals surface area contributed by atoms with E-state index in [4.69, 9.17) is 4.52 Å². The van der Waals surface area contributed by atoms with Gasteiger partial charge in [-0.2, -0.15) is 0 Å². The first-order valence-corrected chi connectivity index (χ1v) is 8.16. The molecule has 0 bridgehead atoms. The zero-order valence-corrected chi connectivity index (χ0v) is 13.7. The highest BCUT2D eigenvalue weighted by atomic mass is 127. The lowest BCUT2D eigenvalue weighted by molar-refractivity contribution is 0.430. The molecule has 0 saturated heterocycles. The fourth-order valence-electron chi connectivity index (χ4n) is 1.22. The van der Waals surface area contributed by atoms with Gasteiger partial charge in [0.25, 0.3) is 15.9 Å². The lowest BCUT2D eigenvalue weighted by Crippen LogP contribution is -2.12. The van der Waals surface area contributed by atoms with Gasteiger partial charge in [0.2, 0.25) is 0 Å². The Morgan fingerprint density at radius 2 is 1.94 bits per heavy atom. The van der Waals surface area contributed by atoms with Gasteiger partial charge in [0.05, 0.1) is 10.6 Å². The number of nitrogens with zero attached hydrogens (tertiary/aromatic N) is 1. The molecule has 0 amide bonds. The number of hydrogen-bond acceptors (Lipinski definition) is 4. The Balaban J connectivity index is 2.33. The molecule has 0 aliphatic heterocycles. The quantitative estimate of drug-likeness (QED) is 0.741. The van der Waals surface area contributed by atoms with Gasteiger partial charge in [-0.1, -0.05) is 5.16 Å². The van der Waals surface area contributed by atoms with E-state index in [1.807, 2.05) is 0 Å². The first-order chi connectivity index (χ1) is 8.40. The first kappa shape index (κ1) is 13.8. The summed E-state index contributed by atoms with van der Waals surface area (Å²) >= 11 is 5.31. The van der Waals surface area contributed by atoms with Crippen molar-refractivity contribution in [1.82, 2.24) is 5.16 Å². The molecule has 0 aliphatic rings. The maximum absolute atomic E-state index is 12.1. The molecule has 1 N–H and O–H groups in total. The number of nitrogens with one attached hydrogen (secondary N) is 1. The number of benzene rings is 1. The molecule has 96 valence electrons. The van der Waals surface area contributed by atoms with E-state index in [-0.39, 0.29) is 10.8 Å². The lowest BCUT2D eigenvalue weighted by atomic mass is 10.4.